The summed E-state index contributed by atoms with van der Waals surface area (Å²) in [6.07, 6.45) is 2.39. The molecule has 0 aliphatic carbocycles. The largest absolute Gasteiger partial charge is 0.482 e. The Labute approximate surface area is 150 Å². The first-order valence-corrected chi connectivity index (χ1v) is 9.47. The maximum absolute atomic E-state index is 12.8. The highest BCUT2D eigenvalue weighted by Gasteiger charge is 2.32. The average Bonchev–Trinajstić information content (AvgIpc) is 3.31. The van der Waals surface area contributed by atoms with Crippen molar-refractivity contribution in [1.29, 1.82) is 0 Å². The van der Waals surface area contributed by atoms with E-state index in [1.54, 1.807) is 16.2 Å². The molecule has 130 valence electrons. The number of thiophene rings is 1. The van der Waals surface area contributed by atoms with Crippen LogP contribution in [0.25, 0.3) is 0 Å². The summed E-state index contributed by atoms with van der Waals surface area (Å²) in [5.74, 6) is 0.725. The number of carbonyl (C=O) groups is 2. The molecule has 6 heteroatoms. The number of ether oxygens (including phenoxy) is 1. The lowest BCUT2D eigenvalue weighted by molar-refractivity contribution is -0.132. The molecule has 25 heavy (non-hydrogen) atoms. The third-order valence-corrected chi connectivity index (χ3v) is 5.78. The second-order valence-electron chi connectivity index (χ2n) is 6.31. The summed E-state index contributed by atoms with van der Waals surface area (Å²) in [5, 5.41) is 2.06. The Bertz CT molecular complexity index is 775. The maximum Gasteiger partial charge on any atom is 0.265 e. The lowest BCUT2D eigenvalue weighted by Gasteiger charge is -2.30. The molecule has 1 saturated heterocycles. The molecule has 1 aromatic carbocycles. The lowest BCUT2D eigenvalue weighted by Crippen LogP contribution is -2.41. The van der Waals surface area contributed by atoms with Gasteiger partial charge in [0.25, 0.3) is 5.91 Å². The van der Waals surface area contributed by atoms with Crippen molar-refractivity contribution < 1.29 is 14.3 Å². The summed E-state index contributed by atoms with van der Waals surface area (Å²) in [7, 11) is 0. The van der Waals surface area contributed by atoms with Gasteiger partial charge in [0.15, 0.2) is 6.61 Å². The van der Waals surface area contributed by atoms with Gasteiger partial charge in [-0.25, -0.2) is 0 Å². The minimum absolute atomic E-state index is 0.0345. The van der Waals surface area contributed by atoms with Crippen molar-refractivity contribution in [2.24, 2.45) is 0 Å². The van der Waals surface area contributed by atoms with Crippen LogP contribution in [0.5, 0.6) is 5.75 Å². The lowest BCUT2D eigenvalue weighted by atomic mass is 10.1. The Morgan fingerprint density at radius 2 is 2.12 bits per heavy atom. The van der Waals surface area contributed by atoms with Gasteiger partial charge in [0.05, 0.1) is 11.7 Å². The zero-order valence-corrected chi connectivity index (χ0v) is 14.7. The molecule has 2 aliphatic heterocycles. The average molecular weight is 356 g/mol. The predicted octanol–water partition coefficient (Wildman–Crippen LogP) is 3.23. The van der Waals surface area contributed by atoms with Crippen LogP contribution in [0.15, 0.2) is 41.8 Å². The number of fused-ring (bicyclic) bond motifs is 1. The fraction of sp³-hybridized carbons (Fsp3) is 0.368. The maximum atomic E-state index is 12.8. The number of benzene rings is 1. The van der Waals surface area contributed by atoms with E-state index in [4.69, 9.17) is 4.74 Å². The number of nitrogens with zero attached hydrogens (tertiary/aromatic N) is 2. The standard InChI is InChI=1S/C19H20N2O3S/c22-18(20-10-3-6-15(20)17-8-4-12-25-17)9-11-21-14-5-1-2-7-16(14)24-13-19(21)23/h1-2,4-5,7-8,12,15H,3,6,9-11,13H2/t15-/m0/s1. The van der Waals surface area contributed by atoms with E-state index in [9.17, 15) is 9.59 Å². The third-order valence-electron chi connectivity index (χ3n) is 4.80. The number of amides is 2. The van der Waals surface area contributed by atoms with E-state index in [0.29, 0.717) is 18.7 Å². The first-order valence-electron chi connectivity index (χ1n) is 8.59. The van der Waals surface area contributed by atoms with Crippen LogP contribution >= 0.6 is 11.3 Å². The highest BCUT2D eigenvalue weighted by Crippen LogP contribution is 2.35. The van der Waals surface area contributed by atoms with Crippen LogP contribution in [0.4, 0.5) is 5.69 Å². The molecule has 0 saturated carbocycles. The minimum Gasteiger partial charge on any atom is -0.482 e. The van der Waals surface area contributed by atoms with Crippen molar-refractivity contribution in [3.63, 3.8) is 0 Å². The summed E-state index contributed by atoms with van der Waals surface area (Å²) >= 11 is 1.70. The van der Waals surface area contributed by atoms with Crippen molar-refractivity contribution in [3.8, 4) is 5.75 Å². The zero-order valence-electron chi connectivity index (χ0n) is 13.9. The molecule has 0 bridgehead atoms. The normalized spacial score (nSPS) is 19.7. The molecule has 0 N–H and O–H groups in total. The van der Waals surface area contributed by atoms with Gasteiger partial charge in [0.1, 0.15) is 5.75 Å². The second-order valence-corrected chi connectivity index (χ2v) is 7.29. The van der Waals surface area contributed by atoms with Crippen molar-refractivity contribution >= 4 is 28.8 Å². The van der Waals surface area contributed by atoms with Gasteiger partial charge in [0.2, 0.25) is 5.91 Å². The molecule has 2 aliphatic rings. The zero-order chi connectivity index (χ0) is 17.2. The van der Waals surface area contributed by atoms with E-state index in [1.807, 2.05) is 35.2 Å². The van der Waals surface area contributed by atoms with Gasteiger partial charge in [-0.2, -0.15) is 0 Å². The highest BCUT2D eigenvalue weighted by atomic mass is 32.1. The Morgan fingerprint density at radius 3 is 2.96 bits per heavy atom. The van der Waals surface area contributed by atoms with E-state index in [1.165, 1.54) is 4.88 Å². The predicted molar refractivity (Wildman–Crippen MR) is 96.9 cm³/mol. The monoisotopic (exact) mass is 356 g/mol. The van der Waals surface area contributed by atoms with Gasteiger partial charge in [0, 0.05) is 24.4 Å². The van der Waals surface area contributed by atoms with Crippen molar-refractivity contribution in [3.05, 3.63) is 46.7 Å². The van der Waals surface area contributed by atoms with Gasteiger partial charge < -0.3 is 14.5 Å². The number of para-hydroxylation sites is 2. The fourth-order valence-corrected chi connectivity index (χ4v) is 4.47. The first-order chi connectivity index (χ1) is 12.2. The SMILES string of the molecule is O=C1COc2ccccc2N1CCC(=O)N1CCC[C@H]1c1cccs1. The molecule has 0 unspecified atom stereocenters. The van der Waals surface area contributed by atoms with Gasteiger partial charge in [-0.05, 0) is 36.4 Å². The number of hydrogen-bond donors (Lipinski definition) is 0. The fourth-order valence-electron chi connectivity index (χ4n) is 3.59. The van der Waals surface area contributed by atoms with E-state index in [-0.39, 0.29) is 24.5 Å². The number of rotatable bonds is 4. The van der Waals surface area contributed by atoms with Gasteiger partial charge in [-0.1, -0.05) is 18.2 Å². The number of anilines is 1. The quantitative estimate of drug-likeness (QED) is 0.845. The van der Waals surface area contributed by atoms with Crippen molar-refractivity contribution in [2.75, 3.05) is 24.6 Å². The van der Waals surface area contributed by atoms with Crippen LogP contribution in [-0.2, 0) is 9.59 Å². The van der Waals surface area contributed by atoms with Crippen molar-refractivity contribution in [1.82, 2.24) is 4.90 Å². The van der Waals surface area contributed by atoms with Crippen LogP contribution in [0.1, 0.15) is 30.2 Å². The molecule has 0 spiro atoms. The molecule has 0 radical (unpaired) electrons. The van der Waals surface area contributed by atoms with Gasteiger partial charge in [-0.15, -0.1) is 11.3 Å². The number of hydrogen-bond acceptors (Lipinski definition) is 4. The third kappa shape index (κ3) is 3.14. The first kappa shape index (κ1) is 16.1. The summed E-state index contributed by atoms with van der Waals surface area (Å²) in [4.78, 5) is 29.9. The minimum atomic E-state index is -0.0947. The van der Waals surface area contributed by atoms with Gasteiger partial charge >= 0.3 is 0 Å². The molecule has 2 aromatic rings. The van der Waals surface area contributed by atoms with Crippen molar-refractivity contribution in [2.45, 2.75) is 25.3 Å². The molecule has 2 amide bonds. The van der Waals surface area contributed by atoms with Crippen LogP contribution < -0.4 is 9.64 Å². The van der Waals surface area contributed by atoms with E-state index in [0.717, 1.165) is 25.1 Å². The molecule has 5 nitrogen and oxygen atoms in total. The molecule has 1 fully saturated rings. The topological polar surface area (TPSA) is 49.9 Å². The Hall–Kier alpha value is -2.34. The molecule has 3 heterocycles. The number of likely N-dealkylation sites (tertiary alicyclic amines) is 1. The molecular weight excluding hydrogens is 336 g/mol. The molecular formula is C19H20N2O3S. The van der Waals surface area contributed by atoms with E-state index in [2.05, 4.69) is 11.4 Å². The summed E-state index contributed by atoms with van der Waals surface area (Å²) in [6.45, 7) is 1.23. The Kier molecular flexibility index (Phi) is 4.44. The molecule has 1 aromatic heterocycles. The highest BCUT2D eigenvalue weighted by molar-refractivity contribution is 7.10. The Morgan fingerprint density at radius 1 is 1.24 bits per heavy atom. The molecule has 1 atom stereocenters. The smallest absolute Gasteiger partial charge is 0.265 e. The van der Waals surface area contributed by atoms with E-state index >= 15 is 0 Å². The summed E-state index contributed by atoms with van der Waals surface area (Å²) < 4.78 is 5.45. The van der Waals surface area contributed by atoms with Crippen LogP contribution in [0, 0.1) is 0 Å². The van der Waals surface area contributed by atoms with Crippen LogP contribution in [-0.4, -0.2) is 36.4 Å². The van der Waals surface area contributed by atoms with Crippen LogP contribution in [0.3, 0.4) is 0 Å². The summed E-state index contributed by atoms with van der Waals surface area (Å²) in [5.41, 5.74) is 0.753. The summed E-state index contributed by atoms with van der Waals surface area (Å²) in [6, 6.07) is 11.8. The van der Waals surface area contributed by atoms with Crippen LogP contribution in [0.2, 0.25) is 0 Å². The van der Waals surface area contributed by atoms with E-state index < -0.39 is 0 Å². The Balaban J connectivity index is 1.44. The molecule has 4 rings (SSSR count). The van der Waals surface area contributed by atoms with Gasteiger partial charge in [-0.3, -0.25) is 9.59 Å². The number of carbonyl (C=O) groups excluding carboxylic acids is 2. The second kappa shape index (κ2) is 6.88.